The Bertz CT molecular complexity index is 5850. The first-order chi connectivity index (χ1) is 58.4. The largest absolute Gasteiger partial charge is 0.481 e. The number of aliphatic carboxylic acids is 1. The van der Waals surface area contributed by atoms with Crippen LogP contribution in [0, 0.1) is 51.7 Å². The first-order valence-electron chi connectivity index (χ1n) is 38.7. The molecule has 7 aliphatic rings. The second-order valence-corrected chi connectivity index (χ2v) is 39.2. The molecule has 0 unspecified atom stereocenters. The number of piperidine rings is 3. The van der Waals surface area contributed by atoms with E-state index in [4.69, 9.17) is 95.3 Å². The summed E-state index contributed by atoms with van der Waals surface area (Å²) in [5.74, 6) is -4.10. The fraction of sp³-hybridized carbons (Fsp3) is 0.400. The summed E-state index contributed by atoms with van der Waals surface area (Å²) in [6.45, 7) is 7.50. The zero-order valence-corrected chi connectivity index (χ0v) is 73.4. The van der Waals surface area contributed by atoms with Crippen LogP contribution in [0.1, 0.15) is 158 Å². The van der Waals surface area contributed by atoms with Gasteiger partial charge in [-0.1, -0.05) is 158 Å². The lowest BCUT2D eigenvalue weighted by atomic mass is 9.91. The van der Waals surface area contributed by atoms with Crippen LogP contribution >= 0.6 is 69.6 Å². The Labute approximate surface area is 790 Å². The number of anilines is 6. The summed E-state index contributed by atoms with van der Waals surface area (Å²) in [6.07, 6.45) is 8.25. The molecule has 0 saturated carbocycles. The summed E-state index contributed by atoms with van der Waals surface area (Å²) in [5, 5.41) is 38.2. The number of imidazole rings is 3. The highest BCUT2D eigenvalue weighted by molar-refractivity contribution is 7.89. The Morgan fingerprint density at radius 2 is 0.685 bits per heavy atom. The maximum absolute atomic E-state index is 14.2. The Balaban J connectivity index is 0.000000284. The number of amides is 4. The topological polar surface area (TPSA) is 414 Å². The lowest BCUT2D eigenvalue weighted by Gasteiger charge is -2.31. The molecule has 7 aliphatic heterocycles. The van der Waals surface area contributed by atoms with Crippen LogP contribution in [0.25, 0.3) is 0 Å². The van der Waals surface area contributed by atoms with E-state index in [1.54, 1.807) is 130 Å². The quantitative estimate of drug-likeness (QED) is 0.0753. The molecule has 698 valence electrons. The minimum atomic E-state index is -4.15. The van der Waals surface area contributed by atoms with Crippen LogP contribution in [-0.2, 0) is 104 Å². The number of sulfonamides is 3. The normalized spacial score (nSPS) is 19.1. The molecule has 0 spiro atoms. The number of benzene rings is 6. The highest BCUT2D eigenvalue weighted by Crippen LogP contribution is 2.50. The molecule has 3 atom stereocenters. The van der Waals surface area contributed by atoms with Gasteiger partial charge in [0.1, 0.15) is 16.6 Å². The number of ether oxygens (including phenoxy) is 2. The van der Waals surface area contributed by atoms with Gasteiger partial charge in [-0.3, -0.25) is 42.5 Å². The molecule has 4 fully saturated rings. The van der Waals surface area contributed by atoms with E-state index in [0.29, 0.717) is 95.1 Å². The van der Waals surface area contributed by atoms with Gasteiger partial charge in [-0.25, -0.2) is 54.9 Å². The molecule has 40 heteroatoms. The Hall–Kier alpha value is -10.3. The third-order valence-corrected chi connectivity index (χ3v) is 29.6. The fourth-order valence-electron chi connectivity index (χ4n) is 16.3. The molecule has 3 aromatic heterocycles. The van der Waals surface area contributed by atoms with Crippen LogP contribution in [0.2, 0.25) is 30.1 Å². The number of carbonyl (C=O) groups excluding carboxylic acids is 5. The van der Waals surface area contributed by atoms with Crippen molar-refractivity contribution in [1.29, 1.82) is 15.8 Å². The van der Waals surface area contributed by atoms with Gasteiger partial charge >= 0.3 is 11.9 Å². The lowest BCUT2D eigenvalue weighted by molar-refractivity contribution is -0.146. The van der Waals surface area contributed by atoms with Crippen LogP contribution in [-0.4, -0.2) is 167 Å². The molecule has 0 aliphatic carbocycles. The highest BCUT2D eigenvalue weighted by Gasteiger charge is 2.56. The number of aromatic nitrogens is 6. The molecule has 3 N–H and O–H groups in total. The maximum Gasteiger partial charge on any atom is 0.308 e. The Morgan fingerprint density at radius 1 is 0.438 bits per heavy atom. The maximum atomic E-state index is 14.2. The molecule has 0 radical (unpaired) electrons. The number of esters is 1. The van der Waals surface area contributed by atoms with Gasteiger partial charge < -0.3 is 20.3 Å². The van der Waals surface area contributed by atoms with Crippen molar-refractivity contribution in [3.63, 3.8) is 0 Å². The average molecular weight is 1960 g/mol. The molecular weight excluding hydrogens is 1850 g/mol. The number of nitriles is 3. The van der Waals surface area contributed by atoms with E-state index in [1.165, 1.54) is 98.1 Å². The third kappa shape index (κ3) is 21.5. The number of hydrogen-bond donors (Lipinski definition) is 2. The van der Waals surface area contributed by atoms with Crippen molar-refractivity contribution < 1.29 is 68.6 Å². The molecule has 130 heavy (non-hydrogen) atoms. The van der Waals surface area contributed by atoms with Crippen molar-refractivity contribution in [3.8, 4) is 18.2 Å². The lowest BCUT2D eigenvalue weighted by Crippen LogP contribution is -2.45. The van der Waals surface area contributed by atoms with Crippen molar-refractivity contribution in [1.82, 2.24) is 41.6 Å². The van der Waals surface area contributed by atoms with E-state index in [0.717, 1.165) is 24.3 Å². The van der Waals surface area contributed by atoms with Gasteiger partial charge in [-0.15, -0.1) is 0 Å². The zero-order chi connectivity index (χ0) is 88.6. The molecule has 9 aromatic rings. The van der Waals surface area contributed by atoms with Gasteiger partial charge in [0, 0.05) is 108 Å². The summed E-state index contributed by atoms with van der Waals surface area (Å²) in [7, 11) is -11.1. The van der Waals surface area contributed by atoms with Gasteiger partial charge in [0.2, 0.25) is 23.8 Å². The van der Waals surface area contributed by atoms with Crippen LogP contribution in [0.5, 0.6) is 0 Å². The monoisotopic (exact) mass is 1960 g/mol. The second-order valence-electron chi connectivity index (χ2n) is 30.9. The fourth-order valence-corrected chi connectivity index (χ4v) is 22.8. The van der Waals surface area contributed by atoms with E-state index >= 15 is 0 Å². The summed E-state index contributed by atoms with van der Waals surface area (Å²) < 4.78 is 101. The van der Waals surface area contributed by atoms with Crippen molar-refractivity contribution in [2.45, 2.75) is 175 Å². The predicted molar refractivity (Wildman–Crippen MR) is 503 cm³/mol. The standard InChI is InChI=1S/C27H25Cl2N5O5S.C26H24Cl2N6O4S.C26H23Cl2N5O5S.C4H8O.7CH4/c1-27(14-17-3-5-18(15-30)6-4-17)25(36)33(22-12-20(28)11-21(29)13-22)26-31-16-23(34(26)27)40(37,38)32-9-7-19(8-10-32)24(35)39-2;1-26(13-16-2-4-17(14-29)5-3-16)24(36)33(21-11-19(27)10-20(28)12-21)25-31-15-22(34(25)26)39(37,38)32-8-6-18(7-9-32)23(30)35;1-26(13-16-2-4-17(14-29)5-3-16)24(36)32(21-11-19(27)10-20(28)12-21)25-30-15-22(33(25)26)39(37,38)31-8-6-18(7-9-31)23(34)35;1-2-4-5-3-1;;;;;;;/h3-6,11-13,16,19H,7-10,14H2,1-2H3;2-5,10-12,15,18H,6-9,13H2,1H3,(H2,30,35);2-5,10-12,15,18H,6-9,13H2,1H3,(H,34,35);1-4H2;7*1H4/t27-;2*26-;;;;;;;;/m111......../s1. The molecular formula is C90H108Cl6N16O15S3. The van der Waals surface area contributed by atoms with Gasteiger partial charge in [-0.2, -0.15) is 28.7 Å². The van der Waals surface area contributed by atoms with E-state index in [-0.39, 0.29) is 174 Å². The van der Waals surface area contributed by atoms with E-state index < -0.39 is 82.2 Å². The summed E-state index contributed by atoms with van der Waals surface area (Å²) in [6, 6.07) is 40.3. The molecule has 6 aromatic carbocycles. The van der Waals surface area contributed by atoms with Gasteiger partial charge in [0.25, 0.3) is 47.8 Å². The predicted octanol–water partition coefficient (Wildman–Crippen LogP) is 17.3. The molecule has 4 amide bonds. The third-order valence-electron chi connectivity index (χ3n) is 22.7. The van der Waals surface area contributed by atoms with Gasteiger partial charge in [0.15, 0.2) is 15.1 Å². The van der Waals surface area contributed by atoms with Crippen molar-refractivity contribution in [3.05, 3.63) is 210 Å². The summed E-state index contributed by atoms with van der Waals surface area (Å²) in [5.41, 5.74) is 5.76. The van der Waals surface area contributed by atoms with E-state index in [1.807, 2.05) is 0 Å². The average Bonchev–Trinajstić information content (AvgIpc) is 1.56. The van der Waals surface area contributed by atoms with Crippen molar-refractivity contribution >= 4 is 170 Å². The molecule has 10 heterocycles. The summed E-state index contributed by atoms with van der Waals surface area (Å²) in [4.78, 5) is 94.5. The first-order valence-corrected chi connectivity index (χ1v) is 45.3. The molecule has 31 nitrogen and oxygen atoms in total. The Kier molecular flexibility index (Phi) is 36.5. The zero-order valence-electron chi connectivity index (χ0n) is 66.5. The van der Waals surface area contributed by atoms with Crippen LogP contribution < -0.4 is 20.4 Å². The van der Waals surface area contributed by atoms with E-state index in [2.05, 4.69) is 33.2 Å². The minimum absolute atomic E-state index is 0. The number of carboxylic acid groups (broad SMARTS) is 1. The number of rotatable bonds is 18. The molecule has 0 bridgehead atoms. The van der Waals surface area contributed by atoms with Crippen LogP contribution in [0.15, 0.2) is 161 Å². The number of hydrogen-bond acceptors (Lipinski definition) is 20. The highest BCUT2D eigenvalue weighted by atomic mass is 35.5. The van der Waals surface area contributed by atoms with Crippen LogP contribution in [0.4, 0.5) is 34.9 Å². The number of halogens is 6. The molecule has 4 saturated heterocycles. The Morgan fingerprint density at radius 3 is 0.900 bits per heavy atom. The number of carbonyl (C=O) groups is 6. The summed E-state index contributed by atoms with van der Waals surface area (Å²) >= 11 is 37.4. The number of primary amides is 1. The number of nitrogens with zero attached hydrogens (tertiary/aromatic N) is 15. The first kappa shape index (κ1) is 108. The number of carboxylic acids is 1. The van der Waals surface area contributed by atoms with Crippen molar-refractivity contribution in [2.24, 2.45) is 23.5 Å². The smallest absolute Gasteiger partial charge is 0.308 e. The molecule has 16 rings (SSSR count). The van der Waals surface area contributed by atoms with Crippen LogP contribution in [0.3, 0.4) is 0 Å². The number of nitrogens with two attached hydrogens (primary N) is 1. The number of methoxy groups -OCH3 is 1. The second kappa shape index (κ2) is 43.8. The van der Waals surface area contributed by atoms with Gasteiger partial charge in [0.05, 0.1) is 89.5 Å². The minimum Gasteiger partial charge on any atom is -0.481 e. The number of fused-ring (bicyclic) bond motifs is 3. The van der Waals surface area contributed by atoms with Crippen molar-refractivity contribution in [2.75, 3.05) is 74.3 Å². The van der Waals surface area contributed by atoms with E-state index in [9.17, 15) is 64.4 Å². The van der Waals surface area contributed by atoms with Gasteiger partial charge in [-0.05, 0) is 180 Å². The SMILES string of the molecule is C.C.C.C.C.C.C.C1CCOC1.COC(=O)C1CCN(S(=O)(=O)c2cnc3n2[C@](C)(Cc2ccc(C#N)cc2)C(=O)N3c2cc(Cl)cc(Cl)c2)CC1.C[C@@]1(Cc2ccc(C#N)cc2)C(=O)N(c2cc(Cl)cc(Cl)c2)c2ncc(S(=O)(=O)N3CCC(C(=O)O)CC3)n21.C[C@@]1(Cc2ccc(C#N)cc2)C(=O)N(c2cc(Cl)cc(Cl)c2)c2ncc(S(=O)(=O)N3CCC(C(N)=O)CC3)n21.